The zero-order chi connectivity index (χ0) is 16.4. The van der Waals surface area contributed by atoms with Crippen molar-refractivity contribution in [2.75, 3.05) is 32.7 Å². The van der Waals surface area contributed by atoms with Crippen molar-refractivity contribution in [2.24, 2.45) is 0 Å². The molecule has 1 amide bonds. The Hall–Kier alpha value is -1.05. The van der Waals surface area contributed by atoms with Gasteiger partial charge in [0.25, 0.3) is 0 Å². The third-order valence-electron chi connectivity index (χ3n) is 4.61. The average molecular weight is 338 g/mol. The van der Waals surface area contributed by atoms with Crippen LogP contribution in [0.25, 0.3) is 0 Å². The lowest BCUT2D eigenvalue weighted by molar-refractivity contribution is -0.144. The molecular formula is C16H26N4O2S. The summed E-state index contributed by atoms with van der Waals surface area (Å²) in [5.74, 6) is 0.744. The van der Waals surface area contributed by atoms with Crippen LogP contribution in [0, 0.1) is 6.92 Å². The predicted molar refractivity (Wildman–Crippen MR) is 89.7 cm³/mol. The van der Waals surface area contributed by atoms with E-state index in [9.17, 15) is 4.79 Å². The number of morpholine rings is 1. The molecular weight excluding hydrogens is 312 g/mol. The largest absolute Gasteiger partial charge is 0.372 e. The van der Waals surface area contributed by atoms with Crippen LogP contribution >= 0.6 is 11.3 Å². The fraction of sp³-hybridized carbons (Fsp3) is 0.812. The molecule has 3 rings (SSSR count). The molecule has 0 bridgehead atoms. The number of nitrogens with zero attached hydrogens (tertiary/aromatic N) is 4. The van der Waals surface area contributed by atoms with Crippen LogP contribution in [-0.2, 0) is 9.53 Å². The standard InChI is InChI=1S/C16H26N4O2S/c1-11-8-20(9-12(2)22-11)15(21)10-19-6-4-14(5-7-19)16-18-17-13(3)23-16/h11-12,14H,4-10H2,1-3H3/t11-,12-/m1/s1. The number of ether oxygens (including phenoxy) is 1. The van der Waals surface area contributed by atoms with Crippen molar-refractivity contribution in [1.82, 2.24) is 20.0 Å². The minimum Gasteiger partial charge on any atom is -0.372 e. The molecule has 0 saturated carbocycles. The van der Waals surface area contributed by atoms with Crippen LogP contribution in [-0.4, -0.2) is 70.8 Å². The summed E-state index contributed by atoms with van der Waals surface area (Å²) in [6.07, 6.45) is 2.40. The van der Waals surface area contributed by atoms with E-state index in [-0.39, 0.29) is 18.1 Å². The SMILES string of the molecule is Cc1nnc(C2CCN(CC(=O)N3C[C@@H](C)O[C@H](C)C3)CC2)s1. The van der Waals surface area contributed by atoms with Crippen molar-refractivity contribution >= 4 is 17.2 Å². The number of piperidine rings is 1. The number of likely N-dealkylation sites (tertiary alicyclic amines) is 1. The summed E-state index contributed by atoms with van der Waals surface area (Å²) < 4.78 is 5.70. The van der Waals surface area contributed by atoms with Crippen LogP contribution in [0.15, 0.2) is 0 Å². The molecule has 0 aliphatic carbocycles. The van der Waals surface area contributed by atoms with E-state index in [1.807, 2.05) is 25.7 Å². The van der Waals surface area contributed by atoms with Crippen molar-refractivity contribution in [3.63, 3.8) is 0 Å². The van der Waals surface area contributed by atoms with Gasteiger partial charge < -0.3 is 9.64 Å². The summed E-state index contributed by atoms with van der Waals surface area (Å²) in [5, 5.41) is 10.6. The second-order valence-corrected chi connectivity index (χ2v) is 7.98. The fourth-order valence-corrected chi connectivity index (χ4v) is 4.36. The maximum atomic E-state index is 12.5. The molecule has 0 spiro atoms. The molecule has 0 unspecified atom stereocenters. The van der Waals surface area contributed by atoms with Gasteiger partial charge in [-0.2, -0.15) is 0 Å². The van der Waals surface area contributed by atoms with Crippen LogP contribution in [0.4, 0.5) is 0 Å². The number of aromatic nitrogens is 2. The molecule has 0 N–H and O–H groups in total. The highest BCUT2D eigenvalue weighted by Crippen LogP contribution is 2.29. The number of carbonyl (C=O) groups excluding carboxylic acids is 1. The summed E-state index contributed by atoms with van der Waals surface area (Å²) in [4.78, 5) is 16.8. The van der Waals surface area contributed by atoms with Gasteiger partial charge in [0.1, 0.15) is 10.0 Å². The molecule has 0 aromatic carbocycles. The molecule has 23 heavy (non-hydrogen) atoms. The van der Waals surface area contributed by atoms with Gasteiger partial charge in [0.2, 0.25) is 5.91 Å². The third-order valence-corrected chi connectivity index (χ3v) is 5.61. The molecule has 2 fully saturated rings. The van der Waals surface area contributed by atoms with Crippen molar-refractivity contribution in [2.45, 2.75) is 51.7 Å². The van der Waals surface area contributed by atoms with Crippen molar-refractivity contribution in [3.8, 4) is 0 Å². The smallest absolute Gasteiger partial charge is 0.236 e. The lowest BCUT2D eigenvalue weighted by Crippen LogP contribution is -2.51. The second kappa shape index (κ2) is 7.23. The Balaban J connectivity index is 1.47. The summed E-state index contributed by atoms with van der Waals surface area (Å²) in [6, 6.07) is 0. The molecule has 3 heterocycles. The monoisotopic (exact) mass is 338 g/mol. The van der Waals surface area contributed by atoms with E-state index in [2.05, 4.69) is 15.1 Å². The Morgan fingerprint density at radius 2 is 1.87 bits per heavy atom. The Bertz CT molecular complexity index is 532. The van der Waals surface area contributed by atoms with Gasteiger partial charge in [-0.25, -0.2) is 0 Å². The van der Waals surface area contributed by atoms with Gasteiger partial charge in [-0.05, 0) is 46.7 Å². The second-order valence-electron chi connectivity index (χ2n) is 6.77. The highest BCUT2D eigenvalue weighted by Gasteiger charge is 2.29. The van der Waals surface area contributed by atoms with Gasteiger partial charge in [0.05, 0.1) is 18.8 Å². The minimum absolute atomic E-state index is 0.133. The number of hydrogen-bond donors (Lipinski definition) is 0. The topological polar surface area (TPSA) is 58.6 Å². The lowest BCUT2D eigenvalue weighted by atomic mass is 9.97. The van der Waals surface area contributed by atoms with E-state index in [0.717, 1.165) is 35.9 Å². The molecule has 7 heteroatoms. The van der Waals surface area contributed by atoms with Crippen LogP contribution in [0.5, 0.6) is 0 Å². The molecule has 1 aromatic rings. The third kappa shape index (κ3) is 4.28. The molecule has 0 radical (unpaired) electrons. The summed E-state index contributed by atoms with van der Waals surface area (Å²) in [5.41, 5.74) is 0. The maximum absolute atomic E-state index is 12.5. The van der Waals surface area contributed by atoms with Crippen molar-refractivity contribution < 1.29 is 9.53 Å². The normalized spacial score (nSPS) is 27.3. The molecule has 2 saturated heterocycles. The zero-order valence-electron chi connectivity index (χ0n) is 14.2. The van der Waals surface area contributed by atoms with E-state index >= 15 is 0 Å². The van der Waals surface area contributed by atoms with E-state index in [1.165, 1.54) is 0 Å². The van der Waals surface area contributed by atoms with Crippen molar-refractivity contribution in [3.05, 3.63) is 10.0 Å². The first-order valence-electron chi connectivity index (χ1n) is 8.47. The molecule has 1 aromatic heterocycles. The fourth-order valence-electron chi connectivity index (χ4n) is 3.49. The Labute approximate surface area is 141 Å². The maximum Gasteiger partial charge on any atom is 0.236 e. The summed E-state index contributed by atoms with van der Waals surface area (Å²) >= 11 is 1.70. The van der Waals surface area contributed by atoms with Gasteiger partial charge in [0, 0.05) is 19.0 Å². The number of amides is 1. The Morgan fingerprint density at radius 3 is 2.43 bits per heavy atom. The number of aryl methyl sites for hydroxylation is 1. The Morgan fingerprint density at radius 1 is 1.22 bits per heavy atom. The summed E-state index contributed by atoms with van der Waals surface area (Å²) in [7, 11) is 0. The van der Waals surface area contributed by atoms with Gasteiger partial charge in [-0.15, -0.1) is 21.5 Å². The summed E-state index contributed by atoms with van der Waals surface area (Å²) in [6.45, 7) is 9.94. The Kier molecular flexibility index (Phi) is 5.28. The van der Waals surface area contributed by atoms with Gasteiger partial charge >= 0.3 is 0 Å². The van der Waals surface area contributed by atoms with E-state index in [4.69, 9.17) is 4.74 Å². The quantitative estimate of drug-likeness (QED) is 0.839. The van der Waals surface area contributed by atoms with Crippen LogP contribution in [0.2, 0.25) is 0 Å². The van der Waals surface area contributed by atoms with Crippen LogP contribution in [0.1, 0.15) is 42.6 Å². The lowest BCUT2D eigenvalue weighted by Gasteiger charge is -2.37. The number of rotatable bonds is 3. The molecule has 2 aliphatic rings. The average Bonchev–Trinajstić information content (AvgIpc) is 2.93. The number of hydrogen-bond acceptors (Lipinski definition) is 6. The molecule has 2 aliphatic heterocycles. The minimum atomic E-state index is 0.133. The molecule has 128 valence electrons. The first-order valence-corrected chi connectivity index (χ1v) is 9.28. The van der Waals surface area contributed by atoms with E-state index in [1.54, 1.807) is 11.3 Å². The number of carbonyl (C=O) groups is 1. The van der Waals surface area contributed by atoms with Gasteiger partial charge in [-0.1, -0.05) is 0 Å². The van der Waals surface area contributed by atoms with Crippen LogP contribution in [0.3, 0.4) is 0 Å². The molecule has 6 nitrogen and oxygen atoms in total. The first-order chi connectivity index (χ1) is 11.0. The first kappa shape index (κ1) is 16.8. The van der Waals surface area contributed by atoms with Crippen molar-refractivity contribution in [1.29, 1.82) is 0 Å². The molecule has 2 atom stereocenters. The predicted octanol–water partition coefficient (Wildman–Crippen LogP) is 1.66. The van der Waals surface area contributed by atoms with E-state index < -0.39 is 0 Å². The van der Waals surface area contributed by atoms with E-state index in [0.29, 0.717) is 25.6 Å². The van der Waals surface area contributed by atoms with Gasteiger partial charge in [0.15, 0.2) is 0 Å². The van der Waals surface area contributed by atoms with Crippen LogP contribution < -0.4 is 0 Å². The highest BCUT2D eigenvalue weighted by molar-refractivity contribution is 7.11. The highest BCUT2D eigenvalue weighted by atomic mass is 32.1. The van der Waals surface area contributed by atoms with Gasteiger partial charge in [-0.3, -0.25) is 9.69 Å². The zero-order valence-corrected chi connectivity index (χ0v) is 15.0.